The van der Waals surface area contributed by atoms with Gasteiger partial charge >= 0.3 is 48.0 Å². The molecular formula is C26H18F14O4. The number of halogens is 14. The molecule has 2 rings (SSSR count). The van der Waals surface area contributed by atoms with Crippen LogP contribution in [0.1, 0.15) is 37.8 Å². The van der Waals surface area contributed by atoms with Gasteiger partial charge in [-0.05, 0) is 59.4 Å². The Morgan fingerprint density at radius 1 is 0.500 bits per heavy atom. The van der Waals surface area contributed by atoms with Crippen LogP contribution in [0.3, 0.4) is 0 Å². The Balaban J connectivity index is 2.31. The average molecular weight is 660 g/mol. The van der Waals surface area contributed by atoms with Gasteiger partial charge in [0.25, 0.3) is 0 Å². The maximum Gasteiger partial charge on any atom is 0.460 e. The van der Waals surface area contributed by atoms with Gasteiger partial charge in [0.05, 0.1) is 0 Å². The highest BCUT2D eigenvalue weighted by Crippen LogP contribution is 2.48. The Labute approximate surface area is 238 Å². The second-order valence-corrected chi connectivity index (χ2v) is 8.79. The minimum Gasteiger partial charge on any atom is -0.422 e. The molecule has 2 aromatic rings. The molecule has 0 heterocycles. The normalized spacial score (nSPS) is 14.2. The van der Waals surface area contributed by atoms with Crippen molar-refractivity contribution in [2.45, 2.75) is 62.7 Å². The molecule has 4 nitrogen and oxygen atoms in total. The molecule has 0 atom stereocenters. The monoisotopic (exact) mass is 660 g/mol. The standard InChI is InChI=1S/C26H18F14O4/c1-3-17(13-5-9-15(10-6-13)43-19(41)21(27,28)23(31,32)25(35,36)37)18(4-2)14-7-11-16(12-8-14)44-20(42)22(29,30)24(33,34)26(38,39)40/h5-12H,3-4H2,1-2H3/b18-17+. The molecule has 0 N–H and O–H groups in total. The second kappa shape index (κ2) is 12.3. The molecule has 0 saturated carbocycles. The number of carbonyl (C=O) groups is 2. The Bertz CT molecular complexity index is 1270. The molecule has 0 radical (unpaired) electrons. The molecule has 18 heteroatoms. The van der Waals surface area contributed by atoms with Crippen molar-refractivity contribution in [1.82, 2.24) is 0 Å². The van der Waals surface area contributed by atoms with Crippen molar-refractivity contribution in [1.29, 1.82) is 0 Å². The molecular weight excluding hydrogens is 642 g/mol. The predicted molar refractivity (Wildman–Crippen MR) is 123 cm³/mol. The first kappa shape index (κ1) is 36.3. The highest BCUT2D eigenvalue weighted by Gasteiger charge is 2.78. The zero-order valence-corrected chi connectivity index (χ0v) is 22.0. The summed E-state index contributed by atoms with van der Waals surface area (Å²) in [4.78, 5) is 22.9. The number of hydrogen-bond acceptors (Lipinski definition) is 4. The van der Waals surface area contributed by atoms with Crippen molar-refractivity contribution >= 4 is 23.1 Å². The van der Waals surface area contributed by atoms with E-state index in [1.807, 2.05) is 0 Å². The van der Waals surface area contributed by atoms with Gasteiger partial charge in [0.1, 0.15) is 11.5 Å². The zero-order valence-electron chi connectivity index (χ0n) is 22.0. The van der Waals surface area contributed by atoms with Gasteiger partial charge in [0, 0.05) is 0 Å². The highest BCUT2D eigenvalue weighted by atomic mass is 19.4. The van der Waals surface area contributed by atoms with Crippen molar-refractivity contribution in [2.75, 3.05) is 0 Å². The van der Waals surface area contributed by atoms with Crippen LogP contribution in [0.25, 0.3) is 11.1 Å². The smallest absolute Gasteiger partial charge is 0.422 e. The molecule has 0 bridgehead atoms. The number of allylic oxidation sites excluding steroid dienone is 2. The highest BCUT2D eigenvalue weighted by molar-refractivity contribution is 5.91. The van der Waals surface area contributed by atoms with Crippen molar-refractivity contribution in [3.05, 3.63) is 59.7 Å². The van der Waals surface area contributed by atoms with Gasteiger partial charge in [-0.1, -0.05) is 38.1 Å². The first-order valence-corrected chi connectivity index (χ1v) is 11.9. The number of alkyl halides is 14. The largest absolute Gasteiger partial charge is 0.460 e. The fourth-order valence-corrected chi connectivity index (χ4v) is 3.59. The maximum absolute atomic E-state index is 13.5. The SMILES string of the molecule is CC/C(=C(/CC)c1ccc(OC(=O)C(F)(F)C(F)(F)C(F)(F)F)cc1)c1ccc(OC(=O)C(F)(F)C(F)(F)C(F)(F)F)cc1. The van der Waals surface area contributed by atoms with Crippen molar-refractivity contribution in [3.63, 3.8) is 0 Å². The summed E-state index contributed by atoms with van der Waals surface area (Å²) in [6, 6.07) is 7.81. The first-order valence-electron chi connectivity index (χ1n) is 11.9. The van der Waals surface area contributed by atoms with E-state index in [0.29, 0.717) is 22.3 Å². The lowest BCUT2D eigenvalue weighted by Gasteiger charge is -2.26. The molecule has 0 fully saturated rings. The topological polar surface area (TPSA) is 52.6 Å². The van der Waals surface area contributed by atoms with Crippen LogP contribution in [0.5, 0.6) is 11.5 Å². The van der Waals surface area contributed by atoms with Gasteiger partial charge < -0.3 is 9.47 Å². The van der Waals surface area contributed by atoms with Crippen LogP contribution in [-0.4, -0.2) is 48.0 Å². The third-order valence-corrected chi connectivity index (χ3v) is 5.91. The van der Waals surface area contributed by atoms with Gasteiger partial charge in [-0.3, -0.25) is 0 Å². The van der Waals surface area contributed by atoms with E-state index < -0.39 is 59.5 Å². The van der Waals surface area contributed by atoms with Crippen LogP contribution in [-0.2, 0) is 9.59 Å². The summed E-state index contributed by atoms with van der Waals surface area (Å²) >= 11 is 0. The minimum atomic E-state index is -6.76. The van der Waals surface area contributed by atoms with Gasteiger partial charge in [-0.15, -0.1) is 0 Å². The lowest BCUT2D eigenvalue weighted by atomic mass is 9.91. The van der Waals surface area contributed by atoms with E-state index in [1.165, 1.54) is 0 Å². The number of benzene rings is 2. The molecule has 44 heavy (non-hydrogen) atoms. The van der Waals surface area contributed by atoms with Gasteiger partial charge in [0.2, 0.25) is 0 Å². The van der Waals surface area contributed by atoms with Crippen LogP contribution in [0.2, 0.25) is 0 Å². The third kappa shape index (κ3) is 6.77. The van der Waals surface area contributed by atoms with E-state index in [-0.39, 0.29) is 12.8 Å². The summed E-state index contributed by atoms with van der Waals surface area (Å²) in [7, 11) is 0. The molecule has 0 saturated heterocycles. The van der Waals surface area contributed by atoms with Crippen molar-refractivity contribution in [3.8, 4) is 11.5 Å². The van der Waals surface area contributed by atoms with Crippen LogP contribution >= 0.6 is 0 Å². The van der Waals surface area contributed by atoms with Gasteiger partial charge in [-0.25, -0.2) is 9.59 Å². The number of hydrogen-bond donors (Lipinski definition) is 0. The van der Waals surface area contributed by atoms with E-state index in [0.717, 1.165) is 48.5 Å². The molecule has 0 aliphatic heterocycles. The number of ether oxygens (including phenoxy) is 2. The molecule has 0 aromatic heterocycles. The number of carbonyl (C=O) groups excluding carboxylic acids is 2. The van der Waals surface area contributed by atoms with Gasteiger partial charge in [0.15, 0.2) is 0 Å². The van der Waals surface area contributed by atoms with Crippen LogP contribution in [0, 0.1) is 0 Å². The maximum atomic E-state index is 13.5. The predicted octanol–water partition coefficient (Wildman–Crippen LogP) is 8.89. The quantitative estimate of drug-likeness (QED) is 0.111. The van der Waals surface area contributed by atoms with Crippen LogP contribution in [0.15, 0.2) is 48.5 Å². The third-order valence-electron chi connectivity index (χ3n) is 5.91. The number of esters is 2. The van der Waals surface area contributed by atoms with E-state index >= 15 is 0 Å². The lowest BCUT2D eigenvalue weighted by molar-refractivity contribution is -0.346. The molecule has 0 spiro atoms. The summed E-state index contributed by atoms with van der Waals surface area (Å²) in [6.07, 6.45) is -13.1. The Morgan fingerprint density at radius 2 is 0.750 bits per heavy atom. The minimum absolute atomic E-state index is 0.216. The van der Waals surface area contributed by atoms with Gasteiger partial charge in [-0.2, -0.15) is 61.5 Å². The average Bonchev–Trinajstić information content (AvgIpc) is 2.91. The molecule has 0 aliphatic rings. The molecule has 0 aliphatic carbocycles. The van der Waals surface area contributed by atoms with E-state index in [9.17, 15) is 71.1 Å². The molecule has 2 aromatic carbocycles. The summed E-state index contributed by atoms with van der Waals surface area (Å²) in [5.41, 5.74) is 1.53. The Hall–Kier alpha value is -3.86. The first-order chi connectivity index (χ1) is 19.9. The summed E-state index contributed by atoms with van der Waals surface area (Å²) in [5, 5.41) is 0. The summed E-state index contributed by atoms with van der Waals surface area (Å²) in [6.45, 7) is 3.25. The molecule has 0 unspecified atom stereocenters. The van der Waals surface area contributed by atoms with E-state index in [4.69, 9.17) is 0 Å². The zero-order chi connectivity index (χ0) is 34.1. The summed E-state index contributed by atoms with van der Waals surface area (Å²) in [5.74, 6) is -34.0. The Morgan fingerprint density at radius 3 is 0.955 bits per heavy atom. The van der Waals surface area contributed by atoms with Crippen LogP contribution < -0.4 is 9.47 Å². The fourth-order valence-electron chi connectivity index (χ4n) is 3.59. The van der Waals surface area contributed by atoms with E-state index in [2.05, 4.69) is 9.47 Å². The second-order valence-electron chi connectivity index (χ2n) is 8.79. The van der Waals surface area contributed by atoms with E-state index in [1.54, 1.807) is 13.8 Å². The Kier molecular flexibility index (Phi) is 10.1. The molecule has 0 amide bonds. The van der Waals surface area contributed by atoms with Crippen molar-refractivity contribution < 1.29 is 80.5 Å². The lowest BCUT2D eigenvalue weighted by Crippen LogP contribution is -2.57. The number of rotatable bonds is 10. The fraction of sp³-hybridized carbons (Fsp3) is 0.385. The van der Waals surface area contributed by atoms with Crippen molar-refractivity contribution in [2.24, 2.45) is 0 Å². The summed E-state index contributed by atoms with van der Waals surface area (Å²) < 4.78 is 188. The van der Waals surface area contributed by atoms with Crippen LogP contribution in [0.4, 0.5) is 61.5 Å². The molecule has 244 valence electrons.